The van der Waals surface area contributed by atoms with Crippen molar-refractivity contribution in [3.8, 4) is 0 Å². The Labute approximate surface area is 120 Å². The average molecular weight is 277 g/mol. The van der Waals surface area contributed by atoms with E-state index in [0.717, 1.165) is 12.1 Å². The summed E-state index contributed by atoms with van der Waals surface area (Å²) in [5, 5.41) is 9.11. The molecule has 1 N–H and O–H groups in total. The molecule has 4 heteroatoms. The Morgan fingerprint density at radius 3 is 2.70 bits per heavy atom. The molecule has 1 aromatic rings. The first-order valence-corrected chi connectivity index (χ1v) is 7.18. The maximum Gasteiger partial charge on any atom is 0.176 e. The molecule has 1 fully saturated rings. The maximum atomic E-state index is 12.2. The molecular formula is C16H23NO3. The van der Waals surface area contributed by atoms with Gasteiger partial charge in [0.2, 0.25) is 0 Å². The molecule has 1 aromatic carbocycles. The van der Waals surface area contributed by atoms with Crippen LogP contribution >= 0.6 is 0 Å². The van der Waals surface area contributed by atoms with Crippen molar-refractivity contribution in [2.24, 2.45) is 0 Å². The summed E-state index contributed by atoms with van der Waals surface area (Å²) >= 11 is 0. The maximum absolute atomic E-state index is 12.2. The molecule has 0 spiro atoms. The van der Waals surface area contributed by atoms with E-state index >= 15 is 0 Å². The normalized spacial score (nSPS) is 20.3. The molecule has 110 valence electrons. The highest BCUT2D eigenvalue weighted by molar-refractivity contribution is 5.97. The van der Waals surface area contributed by atoms with Crippen LogP contribution in [0, 0.1) is 0 Å². The third-order valence-corrected chi connectivity index (χ3v) is 3.69. The van der Waals surface area contributed by atoms with Crippen LogP contribution in [0.5, 0.6) is 0 Å². The standard InChI is InChI=1S/C16H23NO3/c1-12(2)13-3-5-14(6-4-13)16(19)10-17-7-8-20-15(9-17)11-18/h3-6,12,15,18H,7-11H2,1-2H3. The van der Waals surface area contributed by atoms with Gasteiger partial charge in [0.25, 0.3) is 0 Å². The van der Waals surface area contributed by atoms with Crippen LogP contribution in [0.4, 0.5) is 0 Å². The molecule has 1 atom stereocenters. The lowest BCUT2D eigenvalue weighted by atomic mass is 10.0. The van der Waals surface area contributed by atoms with E-state index in [1.807, 2.05) is 29.2 Å². The fourth-order valence-corrected chi connectivity index (χ4v) is 2.38. The predicted octanol–water partition coefficient (Wildman–Crippen LogP) is 1.69. The van der Waals surface area contributed by atoms with Crippen LogP contribution in [0.1, 0.15) is 35.7 Å². The molecule has 0 saturated carbocycles. The first kappa shape index (κ1) is 15.2. The molecule has 1 heterocycles. The molecular weight excluding hydrogens is 254 g/mol. The van der Waals surface area contributed by atoms with Crippen LogP contribution in [0.3, 0.4) is 0 Å². The van der Waals surface area contributed by atoms with Crippen molar-refractivity contribution in [3.05, 3.63) is 35.4 Å². The SMILES string of the molecule is CC(C)c1ccc(C(=O)CN2CCOC(CO)C2)cc1. The van der Waals surface area contributed by atoms with Crippen molar-refractivity contribution >= 4 is 5.78 Å². The molecule has 0 radical (unpaired) electrons. The van der Waals surface area contributed by atoms with Crippen LogP contribution in [0.2, 0.25) is 0 Å². The number of morpholine rings is 1. The van der Waals surface area contributed by atoms with Gasteiger partial charge in [0.1, 0.15) is 0 Å². The van der Waals surface area contributed by atoms with E-state index in [9.17, 15) is 4.79 Å². The zero-order valence-corrected chi connectivity index (χ0v) is 12.2. The Hall–Kier alpha value is -1.23. The van der Waals surface area contributed by atoms with Crippen molar-refractivity contribution in [2.75, 3.05) is 32.8 Å². The van der Waals surface area contributed by atoms with E-state index in [2.05, 4.69) is 13.8 Å². The minimum atomic E-state index is -0.167. The van der Waals surface area contributed by atoms with E-state index in [-0.39, 0.29) is 18.5 Å². The second-order valence-corrected chi connectivity index (χ2v) is 5.61. The van der Waals surface area contributed by atoms with Gasteiger partial charge >= 0.3 is 0 Å². The molecule has 4 nitrogen and oxygen atoms in total. The number of carbonyl (C=O) groups is 1. The summed E-state index contributed by atoms with van der Waals surface area (Å²) in [6, 6.07) is 7.85. The summed E-state index contributed by atoms with van der Waals surface area (Å²) in [5.41, 5.74) is 2.00. The third-order valence-electron chi connectivity index (χ3n) is 3.69. The number of hydrogen-bond acceptors (Lipinski definition) is 4. The number of hydrogen-bond donors (Lipinski definition) is 1. The van der Waals surface area contributed by atoms with Gasteiger partial charge in [0.05, 0.1) is 25.9 Å². The van der Waals surface area contributed by atoms with Gasteiger partial charge in [-0.15, -0.1) is 0 Å². The largest absolute Gasteiger partial charge is 0.394 e. The zero-order valence-electron chi connectivity index (χ0n) is 12.2. The predicted molar refractivity (Wildman–Crippen MR) is 78.1 cm³/mol. The number of ketones is 1. The fourth-order valence-electron chi connectivity index (χ4n) is 2.38. The van der Waals surface area contributed by atoms with Crippen molar-refractivity contribution in [1.82, 2.24) is 4.90 Å². The number of nitrogens with zero attached hydrogens (tertiary/aromatic N) is 1. The van der Waals surface area contributed by atoms with Gasteiger partial charge in [-0.1, -0.05) is 38.1 Å². The number of ether oxygens (including phenoxy) is 1. The fraction of sp³-hybridized carbons (Fsp3) is 0.562. The molecule has 2 rings (SSSR count). The number of aliphatic hydroxyl groups is 1. The van der Waals surface area contributed by atoms with Crippen LogP contribution in [-0.2, 0) is 4.74 Å². The van der Waals surface area contributed by atoms with Crippen molar-refractivity contribution in [3.63, 3.8) is 0 Å². The monoisotopic (exact) mass is 277 g/mol. The molecule has 0 amide bonds. The molecule has 0 bridgehead atoms. The number of benzene rings is 1. The van der Waals surface area contributed by atoms with E-state index < -0.39 is 0 Å². The minimum Gasteiger partial charge on any atom is -0.394 e. The number of Topliss-reactive ketones (excluding diaryl/α,β-unsaturated/α-hetero) is 1. The van der Waals surface area contributed by atoms with Gasteiger partial charge in [-0.2, -0.15) is 0 Å². The van der Waals surface area contributed by atoms with Crippen LogP contribution in [0.15, 0.2) is 24.3 Å². The van der Waals surface area contributed by atoms with Crippen LogP contribution < -0.4 is 0 Å². The summed E-state index contributed by atoms with van der Waals surface area (Å²) in [4.78, 5) is 14.3. The second kappa shape index (κ2) is 6.97. The summed E-state index contributed by atoms with van der Waals surface area (Å²) < 4.78 is 5.38. The van der Waals surface area contributed by atoms with Gasteiger partial charge in [-0.3, -0.25) is 9.69 Å². The Bertz CT molecular complexity index is 442. The van der Waals surface area contributed by atoms with Gasteiger partial charge in [0, 0.05) is 18.7 Å². The minimum absolute atomic E-state index is 0.00771. The highest BCUT2D eigenvalue weighted by Gasteiger charge is 2.21. The Morgan fingerprint density at radius 2 is 2.10 bits per heavy atom. The van der Waals surface area contributed by atoms with E-state index in [4.69, 9.17) is 9.84 Å². The van der Waals surface area contributed by atoms with Crippen molar-refractivity contribution in [2.45, 2.75) is 25.9 Å². The molecule has 1 aliphatic heterocycles. The number of rotatable bonds is 5. The third kappa shape index (κ3) is 3.88. The highest BCUT2D eigenvalue weighted by atomic mass is 16.5. The van der Waals surface area contributed by atoms with Gasteiger partial charge < -0.3 is 9.84 Å². The van der Waals surface area contributed by atoms with Crippen LogP contribution in [-0.4, -0.2) is 54.7 Å². The number of aliphatic hydroxyl groups excluding tert-OH is 1. The highest BCUT2D eigenvalue weighted by Crippen LogP contribution is 2.15. The van der Waals surface area contributed by atoms with Crippen molar-refractivity contribution < 1.29 is 14.6 Å². The summed E-state index contributed by atoms with van der Waals surface area (Å²) in [5.74, 6) is 0.600. The first-order valence-electron chi connectivity index (χ1n) is 7.18. The summed E-state index contributed by atoms with van der Waals surface area (Å²) in [7, 11) is 0. The molecule has 1 unspecified atom stereocenters. The molecule has 0 aromatic heterocycles. The van der Waals surface area contributed by atoms with Crippen molar-refractivity contribution in [1.29, 1.82) is 0 Å². The Kier molecular flexibility index (Phi) is 5.29. The average Bonchev–Trinajstić information content (AvgIpc) is 2.47. The summed E-state index contributed by atoms with van der Waals surface area (Å²) in [6.07, 6.45) is -0.167. The lowest BCUT2D eigenvalue weighted by molar-refractivity contribution is -0.0503. The topological polar surface area (TPSA) is 49.8 Å². The zero-order chi connectivity index (χ0) is 14.5. The second-order valence-electron chi connectivity index (χ2n) is 5.61. The van der Waals surface area contributed by atoms with Gasteiger partial charge in [-0.05, 0) is 11.5 Å². The molecule has 0 aliphatic carbocycles. The quantitative estimate of drug-likeness (QED) is 0.832. The number of carbonyl (C=O) groups excluding carboxylic acids is 1. The molecule has 20 heavy (non-hydrogen) atoms. The van der Waals surface area contributed by atoms with Crippen LogP contribution in [0.25, 0.3) is 0 Å². The first-order chi connectivity index (χ1) is 9.60. The van der Waals surface area contributed by atoms with E-state index in [0.29, 0.717) is 25.6 Å². The van der Waals surface area contributed by atoms with E-state index in [1.54, 1.807) is 0 Å². The molecule has 1 aliphatic rings. The Morgan fingerprint density at radius 1 is 1.40 bits per heavy atom. The lowest BCUT2D eigenvalue weighted by Crippen LogP contribution is -2.45. The van der Waals surface area contributed by atoms with Gasteiger partial charge in [-0.25, -0.2) is 0 Å². The molecule has 1 saturated heterocycles. The van der Waals surface area contributed by atoms with E-state index in [1.165, 1.54) is 5.56 Å². The Balaban J connectivity index is 1.94. The summed E-state index contributed by atoms with van der Waals surface area (Å²) in [6.45, 7) is 6.61. The van der Waals surface area contributed by atoms with Gasteiger partial charge in [0.15, 0.2) is 5.78 Å². The smallest absolute Gasteiger partial charge is 0.176 e. The lowest BCUT2D eigenvalue weighted by Gasteiger charge is -2.31.